The normalized spacial score (nSPS) is 22.8. The summed E-state index contributed by atoms with van der Waals surface area (Å²) in [7, 11) is 0. The topological polar surface area (TPSA) is 115 Å². The van der Waals surface area contributed by atoms with Gasteiger partial charge in [-0.2, -0.15) is 0 Å². The van der Waals surface area contributed by atoms with Crippen LogP contribution in [-0.2, 0) is 31.8 Å². The molecule has 2 saturated heterocycles. The van der Waals surface area contributed by atoms with Crippen LogP contribution in [0.2, 0.25) is 0 Å². The van der Waals surface area contributed by atoms with Crippen LogP contribution in [0, 0.1) is 5.92 Å². The molecule has 2 aliphatic heterocycles. The number of aliphatic hydroxyl groups is 1. The number of carbonyl (C=O) groups excluding carboxylic acids is 2. The van der Waals surface area contributed by atoms with Crippen LogP contribution in [0.4, 0.5) is 9.59 Å². The number of nitrogens with one attached hydrogen (secondary N) is 2. The lowest BCUT2D eigenvalue weighted by Crippen LogP contribution is -2.50. The molecular formula is C30H40N2O7. The third-order valence-electron chi connectivity index (χ3n) is 6.88. The molecule has 2 heterocycles. The molecule has 9 nitrogen and oxygen atoms in total. The van der Waals surface area contributed by atoms with Crippen LogP contribution >= 0.6 is 0 Å². The molecule has 2 fully saturated rings. The van der Waals surface area contributed by atoms with E-state index in [1.807, 2.05) is 60.7 Å². The van der Waals surface area contributed by atoms with E-state index in [4.69, 9.17) is 18.9 Å². The molecule has 0 spiro atoms. The number of amides is 2. The summed E-state index contributed by atoms with van der Waals surface area (Å²) in [6.07, 6.45) is -1.04. The van der Waals surface area contributed by atoms with Gasteiger partial charge < -0.3 is 34.7 Å². The van der Waals surface area contributed by atoms with Crippen molar-refractivity contribution in [3.8, 4) is 0 Å². The van der Waals surface area contributed by atoms with Gasteiger partial charge in [0, 0.05) is 6.04 Å². The first-order valence-corrected chi connectivity index (χ1v) is 13.6. The molecule has 0 aliphatic carbocycles. The maximum absolute atomic E-state index is 13.0. The van der Waals surface area contributed by atoms with E-state index in [0.29, 0.717) is 19.4 Å². The van der Waals surface area contributed by atoms with Gasteiger partial charge in [-0.1, -0.05) is 60.7 Å². The van der Waals surface area contributed by atoms with Crippen molar-refractivity contribution in [2.75, 3.05) is 13.2 Å². The monoisotopic (exact) mass is 540 g/mol. The summed E-state index contributed by atoms with van der Waals surface area (Å²) in [5.74, 6) is 0.0153. The first kappa shape index (κ1) is 28.9. The highest BCUT2D eigenvalue weighted by Gasteiger charge is 2.44. The average molecular weight is 541 g/mol. The quantitative estimate of drug-likeness (QED) is 0.418. The summed E-state index contributed by atoms with van der Waals surface area (Å²) in [6, 6.07) is 18.3. The molecule has 0 radical (unpaired) electrons. The van der Waals surface area contributed by atoms with E-state index in [0.717, 1.165) is 17.5 Å². The maximum atomic E-state index is 13.0. The van der Waals surface area contributed by atoms with Crippen LogP contribution in [0.25, 0.3) is 0 Å². The minimum Gasteiger partial charge on any atom is -0.444 e. The van der Waals surface area contributed by atoms with Crippen LogP contribution in [0.3, 0.4) is 0 Å². The molecule has 2 aromatic rings. The number of hydrogen-bond acceptors (Lipinski definition) is 7. The lowest BCUT2D eigenvalue weighted by molar-refractivity contribution is -0.0907. The predicted octanol–water partition coefficient (Wildman–Crippen LogP) is 3.97. The molecule has 39 heavy (non-hydrogen) atoms. The molecule has 2 aliphatic rings. The largest absolute Gasteiger partial charge is 0.444 e. The zero-order chi connectivity index (χ0) is 27.8. The lowest BCUT2D eigenvalue weighted by Gasteiger charge is -2.29. The van der Waals surface area contributed by atoms with Crippen LogP contribution in [0.1, 0.15) is 44.7 Å². The number of aliphatic hydroxyl groups excluding tert-OH is 1. The van der Waals surface area contributed by atoms with Crippen molar-refractivity contribution in [1.82, 2.24) is 10.6 Å². The number of ether oxygens (including phenoxy) is 4. The van der Waals surface area contributed by atoms with Gasteiger partial charge in [-0.25, -0.2) is 9.59 Å². The number of benzene rings is 2. The summed E-state index contributed by atoms with van der Waals surface area (Å²) in [4.78, 5) is 25.6. The smallest absolute Gasteiger partial charge is 0.407 e. The molecule has 2 aromatic carbocycles. The van der Waals surface area contributed by atoms with E-state index in [1.54, 1.807) is 20.8 Å². The zero-order valence-corrected chi connectivity index (χ0v) is 22.9. The first-order valence-electron chi connectivity index (χ1n) is 13.6. The number of alkyl carbamates (subject to hydrolysis) is 2. The van der Waals surface area contributed by atoms with E-state index in [9.17, 15) is 14.7 Å². The molecule has 0 aromatic heterocycles. The first-order chi connectivity index (χ1) is 18.7. The van der Waals surface area contributed by atoms with Gasteiger partial charge in [-0.3, -0.25) is 0 Å². The molecule has 6 atom stereocenters. The third kappa shape index (κ3) is 8.95. The number of hydrogen-bond donors (Lipinski definition) is 3. The van der Waals surface area contributed by atoms with Crippen molar-refractivity contribution in [1.29, 1.82) is 0 Å². The maximum Gasteiger partial charge on any atom is 0.407 e. The van der Waals surface area contributed by atoms with E-state index in [-0.39, 0.29) is 25.2 Å². The summed E-state index contributed by atoms with van der Waals surface area (Å²) >= 11 is 0. The molecule has 4 rings (SSSR count). The molecule has 9 heteroatoms. The van der Waals surface area contributed by atoms with Gasteiger partial charge in [-0.05, 0) is 57.6 Å². The Morgan fingerprint density at radius 2 is 1.59 bits per heavy atom. The second-order valence-electron chi connectivity index (χ2n) is 11.2. The zero-order valence-electron chi connectivity index (χ0n) is 22.9. The van der Waals surface area contributed by atoms with Crippen molar-refractivity contribution in [3.05, 3.63) is 71.8 Å². The fourth-order valence-corrected chi connectivity index (χ4v) is 5.04. The average Bonchev–Trinajstić information content (AvgIpc) is 3.49. The Balaban J connectivity index is 1.45. The number of rotatable bonds is 10. The van der Waals surface area contributed by atoms with Gasteiger partial charge in [-0.15, -0.1) is 0 Å². The van der Waals surface area contributed by atoms with Crippen molar-refractivity contribution < 1.29 is 33.6 Å². The van der Waals surface area contributed by atoms with Gasteiger partial charge in [0.1, 0.15) is 11.7 Å². The number of carbonyl (C=O) groups is 2. The Labute approximate surface area is 230 Å². The Bertz CT molecular complexity index is 1060. The molecular weight excluding hydrogens is 500 g/mol. The molecule has 3 N–H and O–H groups in total. The SMILES string of the molecule is CC(C)(C)OC(=O)N[C@@H](Cc1ccccc1)C[C@H](O)[C@H](Cc1ccccc1)NC(=O)O[C@H]1COC2OCCC21. The van der Waals surface area contributed by atoms with Crippen LogP contribution in [0.5, 0.6) is 0 Å². The summed E-state index contributed by atoms with van der Waals surface area (Å²) in [6.45, 7) is 6.27. The lowest BCUT2D eigenvalue weighted by atomic mass is 9.94. The van der Waals surface area contributed by atoms with Crippen LogP contribution in [0.15, 0.2) is 60.7 Å². The van der Waals surface area contributed by atoms with Crippen LogP contribution < -0.4 is 10.6 Å². The Hall–Kier alpha value is -3.14. The second-order valence-corrected chi connectivity index (χ2v) is 11.2. The Morgan fingerprint density at radius 1 is 0.949 bits per heavy atom. The van der Waals surface area contributed by atoms with E-state index in [1.165, 1.54) is 0 Å². The minimum absolute atomic E-state index is 0.0153. The Kier molecular flexibility index (Phi) is 9.83. The second kappa shape index (κ2) is 13.3. The molecule has 212 valence electrons. The molecule has 2 unspecified atom stereocenters. The van der Waals surface area contributed by atoms with Gasteiger partial charge in [0.2, 0.25) is 0 Å². The van der Waals surface area contributed by atoms with Crippen LogP contribution in [-0.4, -0.2) is 66.7 Å². The minimum atomic E-state index is -0.983. The van der Waals surface area contributed by atoms with Gasteiger partial charge in [0.05, 0.1) is 31.3 Å². The molecule has 2 amide bonds. The highest BCUT2D eigenvalue weighted by atomic mass is 16.7. The van der Waals surface area contributed by atoms with Crippen molar-refractivity contribution in [3.63, 3.8) is 0 Å². The van der Waals surface area contributed by atoms with Crippen molar-refractivity contribution in [2.45, 2.75) is 82.6 Å². The standard InChI is InChI=1S/C30H40N2O7/c1-30(2,3)39-29(35)31-22(16-20-10-6-4-7-11-20)18-25(33)24(17-21-12-8-5-9-13-21)32-28(34)38-26-19-37-27-23(26)14-15-36-27/h4-13,22-27,33H,14-19H2,1-3H3,(H,31,35)(H,32,34)/t22-,23?,24-,25-,26-,27?/m0/s1. The van der Waals surface area contributed by atoms with Crippen molar-refractivity contribution >= 4 is 12.2 Å². The predicted molar refractivity (Wildman–Crippen MR) is 145 cm³/mol. The molecule has 0 saturated carbocycles. The highest BCUT2D eigenvalue weighted by molar-refractivity contribution is 5.68. The third-order valence-corrected chi connectivity index (χ3v) is 6.88. The summed E-state index contributed by atoms with van der Waals surface area (Å²) in [5, 5.41) is 17.2. The van der Waals surface area contributed by atoms with E-state index >= 15 is 0 Å². The van der Waals surface area contributed by atoms with Gasteiger partial charge in [0.15, 0.2) is 6.29 Å². The Morgan fingerprint density at radius 3 is 2.23 bits per heavy atom. The molecule has 0 bridgehead atoms. The van der Waals surface area contributed by atoms with Gasteiger partial charge in [0.25, 0.3) is 0 Å². The fraction of sp³-hybridized carbons (Fsp3) is 0.533. The van der Waals surface area contributed by atoms with Gasteiger partial charge >= 0.3 is 12.2 Å². The van der Waals surface area contributed by atoms with E-state index < -0.39 is 42.1 Å². The van der Waals surface area contributed by atoms with E-state index in [2.05, 4.69) is 10.6 Å². The van der Waals surface area contributed by atoms with Crippen molar-refractivity contribution in [2.24, 2.45) is 5.92 Å². The highest BCUT2D eigenvalue weighted by Crippen LogP contribution is 2.33. The summed E-state index contributed by atoms with van der Waals surface area (Å²) < 4.78 is 22.3. The number of fused-ring (bicyclic) bond motifs is 1. The summed E-state index contributed by atoms with van der Waals surface area (Å²) in [5.41, 5.74) is 1.30. The fourth-order valence-electron chi connectivity index (χ4n) is 5.04.